The van der Waals surface area contributed by atoms with Crippen LogP contribution in [-0.2, 0) is 20.6 Å². The monoisotopic (exact) mass is 707 g/mol. The van der Waals surface area contributed by atoms with Crippen LogP contribution in [0.15, 0.2) is 82.6 Å². The molecule has 49 heavy (non-hydrogen) atoms. The molecule has 4 aromatic rings. The molecule has 2 bridgehead atoms. The molecule has 14 heteroatoms. The van der Waals surface area contributed by atoms with Gasteiger partial charge >= 0.3 is 11.0 Å². The number of hydrogen-bond donors (Lipinski definition) is 2. The van der Waals surface area contributed by atoms with E-state index in [1.54, 1.807) is 37.4 Å². The smallest absolute Gasteiger partial charge is 0.416 e. The molecule has 2 N–H and O–H groups in total. The Labute approximate surface area is 285 Å². The van der Waals surface area contributed by atoms with Gasteiger partial charge in [-0.25, -0.2) is 0 Å². The van der Waals surface area contributed by atoms with E-state index in [1.807, 2.05) is 18.2 Å². The number of thiazole rings is 1. The second-order valence-electron chi connectivity index (χ2n) is 12.7. The molecule has 3 heterocycles. The number of benzene rings is 3. The van der Waals surface area contributed by atoms with Crippen molar-refractivity contribution < 1.29 is 37.0 Å². The highest BCUT2D eigenvalue weighted by molar-refractivity contribution is 8.00. The van der Waals surface area contributed by atoms with Gasteiger partial charge in [-0.3, -0.25) is 24.1 Å². The van der Waals surface area contributed by atoms with Gasteiger partial charge in [-0.15, -0.1) is 11.8 Å². The van der Waals surface area contributed by atoms with Gasteiger partial charge in [-0.2, -0.15) is 13.2 Å². The highest BCUT2D eigenvalue weighted by Crippen LogP contribution is 2.68. The minimum atomic E-state index is -4.62. The first kappa shape index (κ1) is 31.7. The molecule has 1 saturated heterocycles. The summed E-state index contributed by atoms with van der Waals surface area (Å²) in [4.78, 5) is 57.7. The standard InChI is InChI=1S/C35H28F3N3O6S2/c1-46-20-10-8-18(9-11-20)39-24(42)15-47-21-7-2-4-16(12-21)25-26-22-14-23(29(26)48-31-30(25)49-34(45)40-31)28-27(22)32(43)41(33(28)44)19-6-3-5-17(13-19)35(36,37)38/h2-13,22-23,25-29H,14-15H2,1H3,(H,39,42)(H,40,45)/t22-,23-,25-,26?,27?,28?,29?/m1/s1. The summed E-state index contributed by atoms with van der Waals surface area (Å²) in [6.07, 6.45) is -3.99. The number of fused-ring (bicyclic) bond motifs is 9. The van der Waals surface area contributed by atoms with Gasteiger partial charge in [0.2, 0.25) is 11.8 Å². The van der Waals surface area contributed by atoms with E-state index in [1.165, 1.54) is 23.9 Å². The van der Waals surface area contributed by atoms with E-state index in [0.717, 1.165) is 43.8 Å². The number of imide groups is 1. The fraction of sp³-hybridized carbons (Fsp3) is 0.314. The van der Waals surface area contributed by atoms with Crippen LogP contribution < -0.4 is 24.6 Å². The van der Waals surface area contributed by atoms with Gasteiger partial charge in [0.1, 0.15) is 11.5 Å². The molecule has 2 aliphatic carbocycles. The molecule has 252 valence electrons. The zero-order valence-corrected chi connectivity index (χ0v) is 27.4. The van der Waals surface area contributed by atoms with Crippen LogP contribution in [0.5, 0.6) is 11.5 Å². The van der Waals surface area contributed by atoms with Crippen molar-refractivity contribution in [1.82, 2.24) is 4.98 Å². The molecule has 0 radical (unpaired) electrons. The Morgan fingerprint density at radius 2 is 1.69 bits per heavy atom. The molecule has 3 fully saturated rings. The van der Waals surface area contributed by atoms with E-state index in [9.17, 15) is 32.3 Å². The lowest BCUT2D eigenvalue weighted by Crippen LogP contribution is -2.42. The maximum absolute atomic E-state index is 14.0. The lowest BCUT2D eigenvalue weighted by molar-refractivity contribution is -0.137. The van der Waals surface area contributed by atoms with Crippen molar-refractivity contribution in [3.8, 4) is 11.5 Å². The van der Waals surface area contributed by atoms with Crippen LogP contribution in [0.1, 0.15) is 28.3 Å². The Bertz CT molecular complexity index is 2050. The molecule has 7 atom stereocenters. The van der Waals surface area contributed by atoms with Gasteiger partial charge in [0.25, 0.3) is 5.91 Å². The molecule has 9 nitrogen and oxygen atoms in total. The summed E-state index contributed by atoms with van der Waals surface area (Å²) in [5.41, 5.74) is 0.430. The average molecular weight is 708 g/mol. The minimum Gasteiger partial charge on any atom is -0.497 e. The first-order valence-electron chi connectivity index (χ1n) is 15.6. The largest absolute Gasteiger partial charge is 0.497 e. The molecule has 3 aromatic carbocycles. The fourth-order valence-corrected chi connectivity index (χ4v) is 11.2. The molecule has 0 spiro atoms. The van der Waals surface area contributed by atoms with Gasteiger partial charge in [0.15, 0.2) is 6.61 Å². The average Bonchev–Trinajstić information content (AvgIpc) is 3.82. The van der Waals surface area contributed by atoms with Gasteiger partial charge in [-0.1, -0.05) is 29.5 Å². The summed E-state index contributed by atoms with van der Waals surface area (Å²) in [7, 11) is 1.56. The summed E-state index contributed by atoms with van der Waals surface area (Å²) in [6, 6.07) is 18.6. The molecule has 4 unspecified atom stereocenters. The molecule has 8 rings (SSSR count). The number of H-pyrrole nitrogens is 1. The molecule has 1 aromatic heterocycles. The summed E-state index contributed by atoms with van der Waals surface area (Å²) < 4.78 is 51.6. The maximum atomic E-state index is 14.0. The van der Waals surface area contributed by atoms with Gasteiger partial charge in [-0.05, 0) is 84.3 Å². The minimum absolute atomic E-state index is 0.0740. The third-order valence-electron chi connectivity index (χ3n) is 10.1. The van der Waals surface area contributed by atoms with Gasteiger partial charge in [0, 0.05) is 21.7 Å². The number of nitrogens with zero attached hydrogens (tertiary/aromatic N) is 1. The number of nitrogens with one attached hydrogen (secondary N) is 2. The van der Waals surface area contributed by atoms with Crippen LogP contribution in [-0.4, -0.2) is 41.7 Å². The number of amides is 3. The quantitative estimate of drug-likeness (QED) is 0.221. The second-order valence-corrected chi connectivity index (χ2v) is 14.9. The molecule has 2 saturated carbocycles. The lowest BCUT2D eigenvalue weighted by Gasteiger charge is -2.43. The Morgan fingerprint density at radius 3 is 2.43 bits per heavy atom. The molecular formula is C35H28F3N3O6S2. The van der Waals surface area contributed by atoms with Crippen LogP contribution >= 0.6 is 23.1 Å². The van der Waals surface area contributed by atoms with Crippen molar-refractivity contribution in [2.75, 3.05) is 23.9 Å². The maximum Gasteiger partial charge on any atom is 0.416 e. The molecular weight excluding hydrogens is 680 g/mol. The van der Waals surface area contributed by atoms with Crippen LogP contribution in [0.3, 0.4) is 0 Å². The Kier molecular flexibility index (Phi) is 7.63. The van der Waals surface area contributed by atoms with Crippen molar-refractivity contribution in [3.63, 3.8) is 0 Å². The Morgan fingerprint density at radius 1 is 0.959 bits per heavy atom. The van der Waals surface area contributed by atoms with Crippen LogP contribution in [0.2, 0.25) is 0 Å². The normalized spacial score (nSPS) is 26.7. The number of anilines is 2. The van der Waals surface area contributed by atoms with Crippen molar-refractivity contribution in [1.29, 1.82) is 0 Å². The molecule has 4 aliphatic rings. The van der Waals surface area contributed by atoms with E-state index in [4.69, 9.17) is 9.47 Å². The molecule has 3 amide bonds. The van der Waals surface area contributed by atoms with Gasteiger partial charge < -0.3 is 19.8 Å². The fourth-order valence-electron chi connectivity index (χ4n) is 8.28. The number of ether oxygens (including phenoxy) is 2. The number of halogens is 3. The van der Waals surface area contributed by atoms with E-state index in [-0.39, 0.29) is 52.0 Å². The highest BCUT2D eigenvalue weighted by Gasteiger charge is 2.69. The van der Waals surface area contributed by atoms with Gasteiger partial charge in [0.05, 0.1) is 35.2 Å². The first-order chi connectivity index (χ1) is 23.5. The number of carbonyl (C=O) groups is 3. The summed E-state index contributed by atoms with van der Waals surface area (Å²) in [6.45, 7) is -0.249. The van der Waals surface area contributed by atoms with Crippen molar-refractivity contribution in [2.45, 2.75) is 28.8 Å². The Hall–Kier alpha value is -4.56. The van der Waals surface area contributed by atoms with Crippen molar-refractivity contribution >= 4 is 52.2 Å². The number of aromatic nitrogens is 1. The second kappa shape index (κ2) is 11.8. The van der Waals surface area contributed by atoms with Crippen molar-refractivity contribution in [3.05, 3.63) is 98.5 Å². The van der Waals surface area contributed by atoms with Crippen LogP contribution in [0.25, 0.3) is 0 Å². The number of thioether (sulfide) groups is 1. The summed E-state index contributed by atoms with van der Waals surface area (Å²) in [5.74, 6) is -2.36. The number of hydrogen-bond acceptors (Lipinski definition) is 8. The number of rotatable bonds is 7. The topological polar surface area (TPSA) is 118 Å². The Balaban J connectivity index is 1.07. The van der Waals surface area contributed by atoms with E-state index in [0.29, 0.717) is 23.6 Å². The SMILES string of the molecule is COc1ccc(NC(=O)COc2cccc([C@H]3c4sc(=O)[nH]c4SC4C3[C@H]3C[C@@H]4C4C(=O)N(c5cccc(C(F)(F)F)c5)C(=O)C43)c2)cc1. The summed E-state index contributed by atoms with van der Waals surface area (Å²) in [5, 5.41) is 3.40. The van der Waals surface area contributed by atoms with E-state index < -0.39 is 35.4 Å². The van der Waals surface area contributed by atoms with Crippen molar-refractivity contribution in [2.24, 2.45) is 29.6 Å². The zero-order valence-electron chi connectivity index (χ0n) is 25.7. The van der Waals surface area contributed by atoms with Crippen LogP contribution in [0, 0.1) is 29.6 Å². The summed E-state index contributed by atoms with van der Waals surface area (Å²) >= 11 is 2.63. The van der Waals surface area contributed by atoms with E-state index >= 15 is 0 Å². The zero-order chi connectivity index (χ0) is 34.2. The predicted octanol–water partition coefficient (Wildman–Crippen LogP) is 6.16. The third kappa shape index (κ3) is 5.32. The molecule has 2 aliphatic heterocycles. The first-order valence-corrected chi connectivity index (χ1v) is 17.3. The van der Waals surface area contributed by atoms with Crippen LogP contribution in [0.4, 0.5) is 24.5 Å². The lowest BCUT2D eigenvalue weighted by atomic mass is 9.68. The number of aromatic amines is 1. The van der Waals surface area contributed by atoms with E-state index in [2.05, 4.69) is 10.3 Å². The predicted molar refractivity (Wildman–Crippen MR) is 176 cm³/mol. The highest BCUT2D eigenvalue weighted by atomic mass is 32.2. The number of methoxy groups -OCH3 is 1. The third-order valence-corrected chi connectivity index (χ3v) is 12.7. The number of carbonyl (C=O) groups excluding carboxylic acids is 3. The number of alkyl halides is 3.